The minimum Gasteiger partial charge on any atom is -0.381 e. The maximum absolute atomic E-state index is 5.63. The number of ether oxygens (including phenoxy) is 1. The van der Waals surface area contributed by atoms with E-state index in [-0.39, 0.29) is 0 Å². The van der Waals surface area contributed by atoms with Crippen LogP contribution < -0.4 is 5.32 Å². The average Bonchev–Trinajstić information content (AvgIpc) is 2.71. The minimum absolute atomic E-state index is 0.748. The van der Waals surface area contributed by atoms with E-state index < -0.39 is 0 Å². The summed E-state index contributed by atoms with van der Waals surface area (Å²) in [6.07, 6.45) is 10.9. The number of hydrogen-bond acceptors (Lipinski definition) is 3. The van der Waals surface area contributed by atoms with Gasteiger partial charge in [0, 0.05) is 25.7 Å². The molecule has 0 bridgehead atoms. The van der Waals surface area contributed by atoms with Crippen LogP contribution in [-0.4, -0.2) is 50.8 Å². The molecular weight excluding hydrogens is 260 g/mol. The van der Waals surface area contributed by atoms with Crippen molar-refractivity contribution in [3.8, 4) is 0 Å². The van der Waals surface area contributed by atoms with E-state index >= 15 is 0 Å². The van der Waals surface area contributed by atoms with Crippen molar-refractivity contribution in [2.24, 2.45) is 11.8 Å². The molecule has 1 aliphatic carbocycles. The van der Waals surface area contributed by atoms with Gasteiger partial charge in [0.05, 0.1) is 6.61 Å². The highest BCUT2D eigenvalue weighted by Crippen LogP contribution is 2.25. The Balaban J connectivity index is 1.78. The fraction of sp³-hybridized carbons (Fsp3) is 1.00. The van der Waals surface area contributed by atoms with Crippen LogP contribution in [0.1, 0.15) is 58.3 Å². The van der Waals surface area contributed by atoms with Gasteiger partial charge in [-0.3, -0.25) is 0 Å². The molecular formula is C18H36N2O. The van der Waals surface area contributed by atoms with E-state index in [0.717, 1.165) is 31.1 Å². The third-order valence-corrected chi connectivity index (χ3v) is 5.19. The van der Waals surface area contributed by atoms with Crippen LogP contribution in [0, 0.1) is 11.8 Å². The zero-order chi connectivity index (χ0) is 14.9. The third-order valence-electron chi connectivity index (χ3n) is 5.19. The first-order valence-electron chi connectivity index (χ1n) is 9.29. The molecule has 1 aliphatic heterocycles. The van der Waals surface area contributed by atoms with Gasteiger partial charge in [0.1, 0.15) is 0 Å². The van der Waals surface area contributed by atoms with Crippen LogP contribution in [0.2, 0.25) is 0 Å². The summed E-state index contributed by atoms with van der Waals surface area (Å²) < 4.78 is 5.63. The number of nitrogens with one attached hydrogen (secondary N) is 1. The van der Waals surface area contributed by atoms with Gasteiger partial charge in [-0.25, -0.2) is 0 Å². The Morgan fingerprint density at radius 2 is 1.90 bits per heavy atom. The molecule has 2 fully saturated rings. The Bertz CT molecular complexity index is 266. The summed E-state index contributed by atoms with van der Waals surface area (Å²) in [7, 11) is 2.32. The van der Waals surface area contributed by atoms with Gasteiger partial charge in [-0.05, 0) is 57.5 Å². The Labute approximate surface area is 131 Å². The highest BCUT2D eigenvalue weighted by atomic mass is 16.5. The fourth-order valence-corrected chi connectivity index (χ4v) is 4.07. The van der Waals surface area contributed by atoms with Gasteiger partial charge in [-0.2, -0.15) is 0 Å². The third kappa shape index (κ3) is 6.25. The molecule has 2 aliphatic rings. The molecule has 1 N–H and O–H groups in total. The van der Waals surface area contributed by atoms with Gasteiger partial charge in [-0.15, -0.1) is 0 Å². The SMILES string of the molecule is CCCNC1CCCCCC1CN(C)CC1CCCOC1. The van der Waals surface area contributed by atoms with Gasteiger partial charge < -0.3 is 15.0 Å². The molecule has 3 heteroatoms. The number of hydrogen-bond donors (Lipinski definition) is 1. The zero-order valence-electron chi connectivity index (χ0n) is 14.3. The van der Waals surface area contributed by atoms with Gasteiger partial charge in [-0.1, -0.05) is 26.2 Å². The molecule has 2 rings (SSSR count). The second kappa shape index (κ2) is 9.81. The van der Waals surface area contributed by atoms with Crippen molar-refractivity contribution >= 4 is 0 Å². The van der Waals surface area contributed by atoms with Crippen molar-refractivity contribution in [1.29, 1.82) is 0 Å². The van der Waals surface area contributed by atoms with Crippen LogP contribution in [0.5, 0.6) is 0 Å². The van der Waals surface area contributed by atoms with Crippen LogP contribution >= 0.6 is 0 Å². The molecule has 0 spiro atoms. The first kappa shape index (κ1) is 17.2. The summed E-state index contributed by atoms with van der Waals surface area (Å²) in [4.78, 5) is 2.58. The van der Waals surface area contributed by atoms with Crippen molar-refractivity contribution in [1.82, 2.24) is 10.2 Å². The molecule has 0 aromatic rings. The topological polar surface area (TPSA) is 24.5 Å². The van der Waals surface area contributed by atoms with Crippen LogP contribution in [-0.2, 0) is 4.74 Å². The van der Waals surface area contributed by atoms with E-state index in [2.05, 4.69) is 24.2 Å². The van der Waals surface area contributed by atoms with Gasteiger partial charge in [0.15, 0.2) is 0 Å². The Kier molecular flexibility index (Phi) is 8.05. The van der Waals surface area contributed by atoms with E-state index in [1.807, 2.05) is 0 Å². The average molecular weight is 296 g/mol. The summed E-state index contributed by atoms with van der Waals surface area (Å²) in [6.45, 7) is 7.89. The van der Waals surface area contributed by atoms with Crippen LogP contribution in [0.15, 0.2) is 0 Å². The predicted molar refractivity (Wildman–Crippen MR) is 89.7 cm³/mol. The second-order valence-electron chi connectivity index (χ2n) is 7.26. The quantitative estimate of drug-likeness (QED) is 0.730. The van der Waals surface area contributed by atoms with E-state index in [9.17, 15) is 0 Å². The van der Waals surface area contributed by atoms with E-state index in [1.54, 1.807) is 0 Å². The summed E-state index contributed by atoms with van der Waals surface area (Å²) in [6, 6.07) is 0.748. The van der Waals surface area contributed by atoms with Crippen molar-refractivity contribution in [3.05, 3.63) is 0 Å². The lowest BCUT2D eigenvalue weighted by Crippen LogP contribution is -2.42. The van der Waals surface area contributed by atoms with Crippen LogP contribution in [0.4, 0.5) is 0 Å². The van der Waals surface area contributed by atoms with Crippen LogP contribution in [0.3, 0.4) is 0 Å². The minimum atomic E-state index is 0.748. The summed E-state index contributed by atoms with van der Waals surface area (Å²) in [5.41, 5.74) is 0. The lowest BCUT2D eigenvalue weighted by atomic mass is 9.93. The molecule has 0 aromatic heterocycles. The smallest absolute Gasteiger partial charge is 0.0506 e. The summed E-state index contributed by atoms with van der Waals surface area (Å²) in [5.74, 6) is 1.60. The maximum atomic E-state index is 5.63. The van der Waals surface area contributed by atoms with Crippen molar-refractivity contribution < 1.29 is 4.74 Å². The molecule has 3 unspecified atom stereocenters. The first-order valence-corrected chi connectivity index (χ1v) is 9.29. The number of rotatable bonds is 7. The van der Waals surface area contributed by atoms with Gasteiger partial charge in [0.2, 0.25) is 0 Å². The van der Waals surface area contributed by atoms with Gasteiger partial charge >= 0.3 is 0 Å². The molecule has 3 atom stereocenters. The van der Waals surface area contributed by atoms with Crippen molar-refractivity contribution in [2.75, 3.05) is 39.9 Å². The van der Waals surface area contributed by atoms with Gasteiger partial charge in [0.25, 0.3) is 0 Å². The van der Waals surface area contributed by atoms with Crippen molar-refractivity contribution in [2.45, 2.75) is 64.3 Å². The highest BCUT2D eigenvalue weighted by Gasteiger charge is 2.25. The summed E-state index contributed by atoms with van der Waals surface area (Å²) in [5, 5.41) is 3.82. The highest BCUT2D eigenvalue weighted by molar-refractivity contribution is 4.82. The molecule has 0 radical (unpaired) electrons. The van der Waals surface area contributed by atoms with E-state index in [0.29, 0.717) is 0 Å². The Morgan fingerprint density at radius 1 is 1.05 bits per heavy atom. The first-order chi connectivity index (χ1) is 10.3. The molecule has 1 heterocycles. The monoisotopic (exact) mass is 296 g/mol. The number of nitrogens with zero attached hydrogens (tertiary/aromatic N) is 1. The van der Waals surface area contributed by atoms with E-state index in [1.165, 1.54) is 71.0 Å². The molecule has 1 saturated carbocycles. The lowest BCUT2D eigenvalue weighted by Gasteiger charge is -2.33. The normalized spacial score (nSPS) is 31.3. The summed E-state index contributed by atoms with van der Waals surface area (Å²) >= 11 is 0. The lowest BCUT2D eigenvalue weighted by molar-refractivity contribution is 0.0391. The molecule has 0 aromatic carbocycles. The largest absolute Gasteiger partial charge is 0.381 e. The second-order valence-corrected chi connectivity index (χ2v) is 7.26. The van der Waals surface area contributed by atoms with E-state index in [4.69, 9.17) is 4.74 Å². The molecule has 124 valence electrons. The molecule has 21 heavy (non-hydrogen) atoms. The standard InChI is InChI=1S/C18H36N2O/c1-3-11-19-18-10-6-4-5-9-17(18)14-20(2)13-16-8-7-12-21-15-16/h16-19H,3-15H2,1-2H3. The fourth-order valence-electron chi connectivity index (χ4n) is 4.07. The molecule has 3 nitrogen and oxygen atoms in total. The molecule has 0 amide bonds. The maximum Gasteiger partial charge on any atom is 0.0506 e. The molecule has 1 saturated heterocycles. The predicted octanol–water partition coefficient (Wildman–Crippen LogP) is 3.29. The van der Waals surface area contributed by atoms with Crippen molar-refractivity contribution in [3.63, 3.8) is 0 Å². The van der Waals surface area contributed by atoms with Crippen LogP contribution in [0.25, 0.3) is 0 Å². The zero-order valence-corrected chi connectivity index (χ0v) is 14.3. The Hall–Kier alpha value is -0.120. The Morgan fingerprint density at radius 3 is 2.67 bits per heavy atom.